The number of nitrogen functional groups attached to an aromatic ring is 1. The Morgan fingerprint density at radius 1 is 1.03 bits per heavy atom. The Morgan fingerprint density at radius 2 is 1.71 bits per heavy atom. The van der Waals surface area contributed by atoms with Crippen LogP contribution in [0.2, 0.25) is 0 Å². The van der Waals surface area contributed by atoms with Crippen LogP contribution in [0.15, 0.2) is 24.3 Å². The summed E-state index contributed by atoms with van der Waals surface area (Å²) < 4.78 is 79.3. The Kier molecular flexibility index (Phi) is 5.11. The molecule has 3 aromatic rings. The number of rotatable bonds is 2. The van der Waals surface area contributed by atoms with Crippen LogP contribution < -0.4 is 11.1 Å². The molecule has 4 rings (SSSR count). The predicted octanol–water partition coefficient (Wildman–Crippen LogP) is 6.05. The second-order valence-corrected chi connectivity index (χ2v) is 8.18. The van der Waals surface area contributed by atoms with Crippen LogP contribution in [-0.4, -0.2) is 10.9 Å². The van der Waals surface area contributed by atoms with E-state index >= 15 is 0 Å². The lowest BCUT2D eigenvalue weighted by molar-refractivity contribution is -0.141. The number of amides is 1. The zero-order valence-corrected chi connectivity index (χ0v) is 16.6. The van der Waals surface area contributed by atoms with Gasteiger partial charge < -0.3 is 11.1 Å². The Hall–Kier alpha value is -2.82. The van der Waals surface area contributed by atoms with E-state index in [2.05, 4.69) is 10.3 Å². The molecule has 0 fully saturated rings. The van der Waals surface area contributed by atoms with E-state index in [1.54, 1.807) is 0 Å². The minimum absolute atomic E-state index is 0.0103. The molecule has 3 N–H and O–H groups in total. The van der Waals surface area contributed by atoms with Gasteiger partial charge in [-0.05, 0) is 55.0 Å². The normalized spacial score (nSPS) is 14.5. The average Bonchev–Trinajstić information content (AvgIpc) is 3.03. The van der Waals surface area contributed by atoms with Crippen molar-refractivity contribution >= 4 is 38.8 Å². The van der Waals surface area contributed by atoms with Crippen LogP contribution in [0, 0.1) is 0 Å². The molecule has 0 saturated carbocycles. The van der Waals surface area contributed by atoms with E-state index in [1.165, 1.54) is 6.07 Å². The molecule has 0 saturated heterocycles. The Morgan fingerprint density at radius 3 is 2.35 bits per heavy atom. The monoisotopic (exact) mass is 459 g/mol. The second kappa shape index (κ2) is 7.40. The van der Waals surface area contributed by atoms with Gasteiger partial charge in [0, 0.05) is 11.1 Å². The second-order valence-electron chi connectivity index (χ2n) is 7.18. The van der Waals surface area contributed by atoms with Gasteiger partial charge in [0.05, 0.1) is 11.3 Å². The summed E-state index contributed by atoms with van der Waals surface area (Å²) in [5.41, 5.74) is 4.63. The SMILES string of the molecule is Nc1c(C(=O)Nc2cccc(C(F)(F)F)c2)sc2nc(C(F)(F)F)c3c(c12)CCCC3. The van der Waals surface area contributed by atoms with Crippen LogP contribution in [0.4, 0.5) is 37.7 Å². The third-order valence-electron chi connectivity index (χ3n) is 5.12. The summed E-state index contributed by atoms with van der Waals surface area (Å²) in [5.74, 6) is -0.807. The van der Waals surface area contributed by atoms with E-state index in [9.17, 15) is 31.1 Å². The standard InChI is InChI=1S/C20H15F6N3OS/c21-19(22,23)9-4-3-5-10(8-9)28-17(30)15-14(27)13-11-6-1-2-7-12(11)16(20(24,25)26)29-18(13)31-15/h3-5,8H,1-2,6-7,27H2,(H,28,30). The van der Waals surface area contributed by atoms with Gasteiger partial charge in [-0.1, -0.05) is 6.07 Å². The van der Waals surface area contributed by atoms with Crippen molar-refractivity contribution in [2.24, 2.45) is 0 Å². The summed E-state index contributed by atoms with van der Waals surface area (Å²) in [7, 11) is 0. The van der Waals surface area contributed by atoms with Crippen LogP contribution in [0.3, 0.4) is 0 Å². The largest absolute Gasteiger partial charge is 0.433 e. The van der Waals surface area contributed by atoms with Crippen LogP contribution in [0.5, 0.6) is 0 Å². The van der Waals surface area contributed by atoms with Crippen LogP contribution >= 0.6 is 11.3 Å². The number of anilines is 2. The van der Waals surface area contributed by atoms with Gasteiger partial charge in [0.1, 0.15) is 15.4 Å². The van der Waals surface area contributed by atoms with Gasteiger partial charge in [0.15, 0.2) is 0 Å². The zero-order valence-electron chi connectivity index (χ0n) is 15.7. The first kappa shape index (κ1) is 21.4. The molecule has 31 heavy (non-hydrogen) atoms. The molecular weight excluding hydrogens is 444 g/mol. The summed E-state index contributed by atoms with van der Waals surface area (Å²) in [4.78, 5) is 16.4. The minimum atomic E-state index is -4.64. The highest BCUT2D eigenvalue weighted by atomic mass is 32.1. The van der Waals surface area contributed by atoms with E-state index in [4.69, 9.17) is 5.73 Å². The topological polar surface area (TPSA) is 68.0 Å². The number of carbonyl (C=O) groups excluding carboxylic acids is 1. The third kappa shape index (κ3) is 3.93. The van der Waals surface area contributed by atoms with E-state index in [1.807, 2.05) is 0 Å². The predicted molar refractivity (Wildman–Crippen MR) is 105 cm³/mol. The minimum Gasteiger partial charge on any atom is -0.397 e. The van der Waals surface area contributed by atoms with Gasteiger partial charge in [-0.25, -0.2) is 4.98 Å². The number of fused-ring (bicyclic) bond motifs is 3. The molecule has 0 bridgehead atoms. The maximum Gasteiger partial charge on any atom is 0.433 e. The van der Waals surface area contributed by atoms with Crippen LogP contribution in [0.25, 0.3) is 10.2 Å². The highest BCUT2D eigenvalue weighted by molar-refractivity contribution is 7.21. The molecule has 1 aliphatic rings. The number of benzene rings is 1. The van der Waals surface area contributed by atoms with Gasteiger partial charge in [-0.2, -0.15) is 26.3 Å². The molecule has 1 amide bonds. The summed E-state index contributed by atoms with van der Waals surface area (Å²) in [6.45, 7) is 0. The van der Waals surface area contributed by atoms with E-state index < -0.39 is 29.5 Å². The van der Waals surface area contributed by atoms with Gasteiger partial charge >= 0.3 is 12.4 Å². The van der Waals surface area contributed by atoms with E-state index in [-0.39, 0.29) is 33.1 Å². The highest BCUT2D eigenvalue weighted by Crippen LogP contribution is 2.43. The number of alkyl halides is 6. The molecule has 11 heteroatoms. The number of nitrogens with two attached hydrogens (primary N) is 1. The molecule has 2 aromatic heterocycles. The smallest absolute Gasteiger partial charge is 0.397 e. The molecule has 0 unspecified atom stereocenters. The summed E-state index contributed by atoms with van der Waals surface area (Å²) >= 11 is 0.694. The van der Waals surface area contributed by atoms with Crippen molar-refractivity contribution in [3.63, 3.8) is 0 Å². The number of hydrogen-bond donors (Lipinski definition) is 2. The fraction of sp³-hybridized carbons (Fsp3) is 0.300. The van der Waals surface area contributed by atoms with E-state index in [0.717, 1.165) is 18.2 Å². The van der Waals surface area contributed by atoms with Crippen LogP contribution in [0.1, 0.15) is 44.9 Å². The number of nitrogens with zero attached hydrogens (tertiary/aromatic N) is 1. The van der Waals surface area contributed by atoms with Gasteiger partial charge in [0.2, 0.25) is 0 Å². The van der Waals surface area contributed by atoms with Crippen molar-refractivity contribution in [1.82, 2.24) is 4.98 Å². The Bertz CT molecular complexity index is 1180. The van der Waals surface area contributed by atoms with Gasteiger partial charge in [0.25, 0.3) is 5.91 Å². The average molecular weight is 459 g/mol. The number of hydrogen-bond acceptors (Lipinski definition) is 4. The number of halogens is 6. The molecule has 4 nitrogen and oxygen atoms in total. The number of nitrogens with one attached hydrogen (secondary N) is 1. The number of thiophene rings is 1. The van der Waals surface area contributed by atoms with E-state index in [0.29, 0.717) is 41.5 Å². The molecule has 164 valence electrons. The quantitative estimate of drug-likeness (QED) is 0.459. The first-order chi connectivity index (χ1) is 14.5. The van der Waals surface area contributed by atoms with Gasteiger partial charge in [-0.3, -0.25) is 4.79 Å². The fourth-order valence-electron chi connectivity index (χ4n) is 3.78. The van der Waals surface area contributed by atoms with Crippen molar-refractivity contribution in [3.05, 3.63) is 51.5 Å². The maximum absolute atomic E-state index is 13.5. The lowest BCUT2D eigenvalue weighted by Gasteiger charge is -2.21. The Labute approximate surface area is 176 Å². The number of pyridine rings is 1. The van der Waals surface area contributed by atoms with Gasteiger partial charge in [-0.15, -0.1) is 11.3 Å². The summed E-state index contributed by atoms with van der Waals surface area (Å²) in [6, 6.07) is 4.04. The van der Waals surface area contributed by atoms with Crippen molar-refractivity contribution in [1.29, 1.82) is 0 Å². The summed E-state index contributed by atoms with van der Waals surface area (Å²) in [5, 5.41) is 2.66. The Balaban J connectivity index is 1.77. The molecular formula is C20H15F6N3OS. The molecule has 0 aliphatic heterocycles. The molecule has 0 atom stereocenters. The van der Waals surface area contributed by atoms with Crippen molar-refractivity contribution < 1.29 is 31.1 Å². The summed E-state index contributed by atoms with van der Waals surface area (Å²) in [6.07, 6.45) is -7.36. The molecule has 1 aliphatic carbocycles. The number of carbonyl (C=O) groups is 1. The number of aryl methyl sites for hydroxylation is 1. The van der Waals surface area contributed by atoms with Crippen molar-refractivity contribution in [2.45, 2.75) is 38.0 Å². The maximum atomic E-state index is 13.5. The molecule has 1 aromatic carbocycles. The van der Waals surface area contributed by atoms with Crippen molar-refractivity contribution in [3.8, 4) is 0 Å². The molecule has 0 radical (unpaired) electrons. The lowest BCUT2D eigenvalue weighted by atomic mass is 9.88. The highest BCUT2D eigenvalue weighted by Gasteiger charge is 2.39. The molecule has 2 heterocycles. The number of aromatic nitrogens is 1. The van der Waals surface area contributed by atoms with Crippen molar-refractivity contribution in [2.75, 3.05) is 11.1 Å². The molecule has 0 spiro atoms. The first-order valence-electron chi connectivity index (χ1n) is 9.26. The van der Waals surface area contributed by atoms with Crippen LogP contribution in [-0.2, 0) is 25.2 Å². The first-order valence-corrected chi connectivity index (χ1v) is 10.1. The zero-order chi connectivity index (χ0) is 22.6. The third-order valence-corrected chi connectivity index (χ3v) is 6.22. The lowest BCUT2D eigenvalue weighted by Crippen LogP contribution is -2.17. The fourth-order valence-corrected chi connectivity index (χ4v) is 4.80.